The van der Waals surface area contributed by atoms with Crippen LogP contribution in [0.5, 0.6) is 5.75 Å². The number of nitrogens with zero attached hydrogens (tertiary/aromatic N) is 1. The van der Waals surface area contributed by atoms with Gasteiger partial charge in [-0.3, -0.25) is 9.36 Å². The fourth-order valence-electron chi connectivity index (χ4n) is 3.21. The molecule has 3 rings (SSSR count). The van der Waals surface area contributed by atoms with Crippen molar-refractivity contribution in [3.05, 3.63) is 60.2 Å². The van der Waals surface area contributed by atoms with Crippen molar-refractivity contribution in [1.82, 2.24) is 4.67 Å². The van der Waals surface area contributed by atoms with Crippen molar-refractivity contribution in [1.29, 1.82) is 0 Å². The van der Waals surface area contributed by atoms with Crippen LogP contribution in [0.3, 0.4) is 0 Å². The van der Waals surface area contributed by atoms with Gasteiger partial charge < -0.3 is 14.0 Å². The molecule has 1 unspecified atom stereocenters. The summed E-state index contributed by atoms with van der Waals surface area (Å²) in [7, 11) is -3.34. The van der Waals surface area contributed by atoms with Gasteiger partial charge in [0.1, 0.15) is 18.9 Å². The molecule has 1 fully saturated rings. The molecule has 0 saturated carbocycles. The van der Waals surface area contributed by atoms with Gasteiger partial charge in [-0.05, 0) is 56.0 Å². The van der Waals surface area contributed by atoms with E-state index in [0.717, 1.165) is 24.8 Å². The van der Waals surface area contributed by atoms with E-state index in [-0.39, 0.29) is 12.5 Å². The second-order valence-corrected chi connectivity index (χ2v) is 9.26. The van der Waals surface area contributed by atoms with E-state index >= 15 is 0 Å². The highest BCUT2D eigenvalue weighted by Crippen LogP contribution is 2.50. The van der Waals surface area contributed by atoms with Gasteiger partial charge in [0, 0.05) is 6.54 Å². The lowest BCUT2D eigenvalue weighted by atomic mass is 10.2. The highest BCUT2D eigenvalue weighted by Gasteiger charge is 2.36. The molecule has 1 atom stereocenters. The summed E-state index contributed by atoms with van der Waals surface area (Å²) in [6, 6.07) is 17.0. The standard InChI is InChI=1S/C22H28NO5P/c1-2-26-22(24)17-23-15-7-4-8-16-28-29(23,25)21-13-11-20(12-14-21)27-18-19-9-5-3-6-10-19/h3,5-6,9-14H,2,4,7-8,15-18H2,1H3. The zero-order valence-corrected chi connectivity index (χ0v) is 17.7. The van der Waals surface area contributed by atoms with Crippen LogP contribution >= 0.6 is 7.52 Å². The van der Waals surface area contributed by atoms with Crippen LogP contribution in [0.2, 0.25) is 0 Å². The highest BCUT2D eigenvalue weighted by atomic mass is 31.2. The van der Waals surface area contributed by atoms with E-state index in [1.54, 1.807) is 35.9 Å². The summed E-state index contributed by atoms with van der Waals surface area (Å²) in [6.07, 6.45) is 2.70. The minimum atomic E-state index is -3.34. The normalized spacial score (nSPS) is 20.4. The second-order valence-electron chi connectivity index (χ2n) is 6.88. The molecule has 0 aromatic heterocycles. The Labute approximate surface area is 172 Å². The fraction of sp³-hybridized carbons (Fsp3) is 0.409. The van der Waals surface area contributed by atoms with Crippen LogP contribution in [0.4, 0.5) is 0 Å². The molecule has 0 N–H and O–H groups in total. The Hall–Kier alpha value is -2.14. The first-order valence-corrected chi connectivity index (χ1v) is 11.6. The maximum absolute atomic E-state index is 13.8. The van der Waals surface area contributed by atoms with E-state index < -0.39 is 7.52 Å². The Morgan fingerprint density at radius 3 is 2.55 bits per heavy atom. The molecule has 1 aliphatic heterocycles. The van der Waals surface area contributed by atoms with Crippen LogP contribution < -0.4 is 10.0 Å². The molecule has 29 heavy (non-hydrogen) atoms. The van der Waals surface area contributed by atoms with Crippen molar-refractivity contribution < 1.29 is 23.4 Å². The summed E-state index contributed by atoms with van der Waals surface area (Å²) in [5, 5.41) is 0.566. The monoisotopic (exact) mass is 417 g/mol. The summed E-state index contributed by atoms with van der Waals surface area (Å²) in [6.45, 7) is 3.41. The third-order valence-corrected chi connectivity index (χ3v) is 7.30. The summed E-state index contributed by atoms with van der Waals surface area (Å²) in [5.41, 5.74) is 1.08. The average Bonchev–Trinajstić information content (AvgIpc) is 2.73. The molecule has 0 bridgehead atoms. The van der Waals surface area contributed by atoms with Crippen molar-refractivity contribution in [3.63, 3.8) is 0 Å². The van der Waals surface area contributed by atoms with Crippen LogP contribution in [0.15, 0.2) is 54.6 Å². The summed E-state index contributed by atoms with van der Waals surface area (Å²) >= 11 is 0. The lowest BCUT2D eigenvalue weighted by Crippen LogP contribution is -2.35. The van der Waals surface area contributed by atoms with Gasteiger partial charge in [-0.1, -0.05) is 30.3 Å². The third-order valence-electron chi connectivity index (χ3n) is 4.73. The quantitative estimate of drug-likeness (QED) is 0.498. The zero-order valence-electron chi connectivity index (χ0n) is 16.8. The Morgan fingerprint density at radius 2 is 1.83 bits per heavy atom. The van der Waals surface area contributed by atoms with Gasteiger partial charge >= 0.3 is 13.5 Å². The third kappa shape index (κ3) is 5.92. The molecular weight excluding hydrogens is 389 g/mol. The van der Waals surface area contributed by atoms with Crippen LogP contribution in [0, 0.1) is 0 Å². The maximum atomic E-state index is 13.8. The first kappa shape index (κ1) is 21.6. The molecule has 1 saturated heterocycles. The number of ether oxygens (including phenoxy) is 2. The predicted molar refractivity (Wildman–Crippen MR) is 112 cm³/mol. The maximum Gasteiger partial charge on any atom is 0.320 e. The van der Waals surface area contributed by atoms with Crippen LogP contribution in [0.1, 0.15) is 31.7 Å². The Morgan fingerprint density at radius 1 is 1.07 bits per heavy atom. The van der Waals surface area contributed by atoms with E-state index in [2.05, 4.69) is 0 Å². The smallest absolute Gasteiger partial charge is 0.320 e. The number of hydrogen-bond donors (Lipinski definition) is 0. The molecule has 0 amide bonds. The average molecular weight is 417 g/mol. The number of hydrogen-bond acceptors (Lipinski definition) is 5. The minimum Gasteiger partial charge on any atom is -0.489 e. The Bertz CT molecular complexity index is 825. The molecular formula is C22H28NO5P. The molecule has 156 valence electrons. The molecule has 7 heteroatoms. The van der Waals surface area contributed by atoms with Gasteiger partial charge in [0.15, 0.2) is 0 Å². The van der Waals surface area contributed by atoms with Crippen molar-refractivity contribution >= 4 is 18.8 Å². The summed E-state index contributed by atoms with van der Waals surface area (Å²) in [5.74, 6) is 0.299. The van der Waals surface area contributed by atoms with E-state index in [1.807, 2.05) is 30.3 Å². The number of carbonyl (C=O) groups excluding carboxylic acids is 1. The second kappa shape index (κ2) is 10.6. The van der Waals surface area contributed by atoms with E-state index in [9.17, 15) is 9.36 Å². The highest BCUT2D eigenvalue weighted by molar-refractivity contribution is 7.64. The number of carbonyl (C=O) groups is 1. The fourth-order valence-corrected chi connectivity index (χ4v) is 5.46. The molecule has 1 heterocycles. The lowest BCUT2D eigenvalue weighted by Gasteiger charge is -2.32. The Kier molecular flexibility index (Phi) is 7.87. The predicted octanol–water partition coefficient (Wildman–Crippen LogP) is 4.15. The number of esters is 1. The number of rotatable bonds is 7. The van der Waals surface area contributed by atoms with Crippen molar-refractivity contribution in [2.24, 2.45) is 0 Å². The van der Waals surface area contributed by atoms with Crippen LogP contribution in [0.25, 0.3) is 0 Å². The lowest BCUT2D eigenvalue weighted by molar-refractivity contribution is -0.143. The van der Waals surface area contributed by atoms with E-state index in [4.69, 9.17) is 14.0 Å². The Balaban J connectivity index is 1.74. The first-order chi connectivity index (χ1) is 14.1. The molecule has 1 aliphatic rings. The topological polar surface area (TPSA) is 65.1 Å². The van der Waals surface area contributed by atoms with Crippen molar-refractivity contribution in [2.75, 3.05) is 26.3 Å². The molecule has 6 nitrogen and oxygen atoms in total. The molecule has 0 radical (unpaired) electrons. The molecule has 0 aliphatic carbocycles. The van der Waals surface area contributed by atoms with Crippen molar-refractivity contribution in [2.45, 2.75) is 32.8 Å². The van der Waals surface area contributed by atoms with Crippen LogP contribution in [-0.2, 0) is 25.2 Å². The molecule has 0 spiro atoms. The van der Waals surface area contributed by atoms with Gasteiger partial charge in [-0.25, -0.2) is 4.67 Å². The minimum absolute atomic E-state index is 0.0443. The van der Waals surface area contributed by atoms with Crippen LogP contribution in [-0.4, -0.2) is 36.9 Å². The van der Waals surface area contributed by atoms with E-state index in [0.29, 0.717) is 37.4 Å². The van der Waals surface area contributed by atoms with Gasteiger partial charge in [0.2, 0.25) is 0 Å². The SMILES string of the molecule is CCOC(=O)CN1CCCCCOP1(=O)c1ccc(OCc2ccccc2)cc1. The summed E-state index contributed by atoms with van der Waals surface area (Å²) < 4.78 is 32.2. The van der Waals surface area contributed by atoms with Crippen molar-refractivity contribution in [3.8, 4) is 5.75 Å². The summed E-state index contributed by atoms with van der Waals surface area (Å²) in [4.78, 5) is 12.0. The van der Waals surface area contributed by atoms with E-state index in [1.165, 1.54) is 0 Å². The van der Waals surface area contributed by atoms with Gasteiger partial charge in [0.25, 0.3) is 0 Å². The largest absolute Gasteiger partial charge is 0.489 e. The van der Waals surface area contributed by atoms with Gasteiger partial charge in [-0.15, -0.1) is 0 Å². The van der Waals surface area contributed by atoms with Gasteiger partial charge in [-0.2, -0.15) is 0 Å². The zero-order chi connectivity index (χ0) is 20.5. The molecule has 2 aromatic carbocycles. The molecule has 2 aromatic rings. The number of benzene rings is 2. The van der Waals surface area contributed by atoms with Gasteiger partial charge in [0.05, 0.1) is 18.5 Å². The first-order valence-electron chi connectivity index (χ1n) is 10.0.